The van der Waals surface area contributed by atoms with E-state index in [0.29, 0.717) is 13.2 Å². The molecule has 1 heterocycles. The topological polar surface area (TPSA) is 30.8 Å². The van der Waals surface area contributed by atoms with E-state index in [2.05, 4.69) is 31.2 Å². The quantitative estimate of drug-likeness (QED) is 0.525. The molecule has 0 aliphatic carbocycles. The van der Waals surface area contributed by atoms with Gasteiger partial charge in [0.2, 0.25) is 0 Å². The largest absolute Gasteiger partial charge is 0.490 e. The summed E-state index contributed by atoms with van der Waals surface area (Å²) in [5, 5.41) is 0.741. The number of rotatable bonds is 8. The number of halogens is 1. The van der Waals surface area contributed by atoms with E-state index >= 15 is 0 Å². The third kappa shape index (κ3) is 5.14. The third-order valence-electron chi connectivity index (χ3n) is 4.47. The molecule has 3 nitrogen and oxygen atoms in total. The molecule has 27 heavy (non-hydrogen) atoms. The number of benzene rings is 2. The number of aliphatic imine (C=N–C) groups is 1. The van der Waals surface area contributed by atoms with Gasteiger partial charge in [0.25, 0.3) is 0 Å². The number of unbranched alkanes of at least 4 members (excludes halogenated alkanes) is 1. The van der Waals surface area contributed by atoms with E-state index in [9.17, 15) is 0 Å². The highest BCUT2D eigenvalue weighted by atomic mass is 35.5. The van der Waals surface area contributed by atoms with E-state index in [-0.39, 0.29) is 0 Å². The molecular weight excluding hydrogens is 358 g/mol. The number of fused-ring (bicyclic) bond motifs is 1. The molecule has 0 atom stereocenters. The van der Waals surface area contributed by atoms with Gasteiger partial charge in [0.05, 0.1) is 18.9 Å². The highest BCUT2D eigenvalue weighted by Crippen LogP contribution is 2.33. The molecule has 3 rings (SSSR count). The molecule has 142 valence electrons. The second kappa shape index (κ2) is 9.61. The smallest absolute Gasteiger partial charge is 0.161 e. The summed E-state index contributed by atoms with van der Waals surface area (Å²) >= 11 is 5.96. The van der Waals surface area contributed by atoms with Crippen molar-refractivity contribution in [1.29, 1.82) is 0 Å². The van der Waals surface area contributed by atoms with Crippen molar-refractivity contribution in [3.05, 3.63) is 64.2 Å². The zero-order valence-corrected chi connectivity index (χ0v) is 16.8. The summed E-state index contributed by atoms with van der Waals surface area (Å²) in [6.07, 6.45) is 7.18. The number of ether oxygens (including phenoxy) is 2. The summed E-state index contributed by atoms with van der Waals surface area (Å²) in [6.45, 7) is 6.26. The van der Waals surface area contributed by atoms with Crippen molar-refractivity contribution in [1.82, 2.24) is 0 Å². The Labute approximate surface area is 166 Å². The summed E-state index contributed by atoms with van der Waals surface area (Å²) in [5.74, 6) is 1.63. The summed E-state index contributed by atoms with van der Waals surface area (Å²) in [4.78, 5) is 4.72. The fourth-order valence-electron chi connectivity index (χ4n) is 3.03. The van der Waals surface area contributed by atoms with Crippen LogP contribution in [0, 0.1) is 0 Å². The Bertz CT molecular complexity index is 825. The first-order valence-electron chi connectivity index (χ1n) is 9.62. The van der Waals surface area contributed by atoms with Crippen molar-refractivity contribution in [3.63, 3.8) is 0 Å². The Morgan fingerprint density at radius 2 is 1.81 bits per heavy atom. The molecular formula is C23H26ClNO2. The van der Waals surface area contributed by atoms with Crippen LogP contribution in [0.25, 0.3) is 6.08 Å². The van der Waals surface area contributed by atoms with Gasteiger partial charge in [-0.25, -0.2) is 0 Å². The van der Waals surface area contributed by atoms with Crippen LogP contribution in [0.5, 0.6) is 11.5 Å². The molecule has 0 saturated heterocycles. The zero-order chi connectivity index (χ0) is 19.1. The van der Waals surface area contributed by atoms with Crippen LogP contribution in [-0.2, 0) is 6.42 Å². The minimum Gasteiger partial charge on any atom is -0.490 e. The van der Waals surface area contributed by atoms with Gasteiger partial charge in [0, 0.05) is 17.1 Å². The fraction of sp³-hybridized carbons (Fsp3) is 0.348. The van der Waals surface area contributed by atoms with E-state index in [1.807, 2.05) is 31.2 Å². The summed E-state index contributed by atoms with van der Waals surface area (Å²) in [7, 11) is 0. The van der Waals surface area contributed by atoms with Crippen molar-refractivity contribution in [3.8, 4) is 11.5 Å². The molecule has 0 fully saturated rings. The van der Waals surface area contributed by atoms with Gasteiger partial charge < -0.3 is 9.47 Å². The maximum atomic E-state index is 6.00. The van der Waals surface area contributed by atoms with Crippen LogP contribution in [0.15, 0.2) is 47.5 Å². The molecule has 0 radical (unpaired) electrons. The van der Waals surface area contributed by atoms with Crippen LogP contribution < -0.4 is 9.47 Å². The van der Waals surface area contributed by atoms with Crippen LogP contribution in [0.3, 0.4) is 0 Å². The Morgan fingerprint density at radius 3 is 2.56 bits per heavy atom. The van der Waals surface area contributed by atoms with E-state index in [1.165, 1.54) is 5.56 Å². The molecule has 0 amide bonds. The van der Waals surface area contributed by atoms with Crippen molar-refractivity contribution in [2.75, 3.05) is 19.8 Å². The predicted octanol–water partition coefficient (Wildman–Crippen LogP) is 5.98. The predicted molar refractivity (Wildman–Crippen MR) is 114 cm³/mol. The van der Waals surface area contributed by atoms with Gasteiger partial charge >= 0.3 is 0 Å². The molecule has 2 aromatic carbocycles. The van der Waals surface area contributed by atoms with Crippen molar-refractivity contribution in [2.24, 2.45) is 4.99 Å². The molecule has 0 unspecified atom stereocenters. The van der Waals surface area contributed by atoms with Gasteiger partial charge in [-0.2, -0.15) is 0 Å². The Balaban J connectivity index is 1.88. The van der Waals surface area contributed by atoms with Crippen LogP contribution >= 0.6 is 11.6 Å². The molecule has 4 heteroatoms. The van der Waals surface area contributed by atoms with Crippen molar-refractivity contribution in [2.45, 2.75) is 33.1 Å². The van der Waals surface area contributed by atoms with Gasteiger partial charge in [-0.1, -0.05) is 43.2 Å². The molecule has 2 aromatic rings. The third-order valence-corrected chi connectivity index (χ3v) is 4.72. The van der Waals surface area contributed by atoms with Gasteiger partial charge in [-0.15, -0.1) is 0 Å². The standard InChI is InChI=1S/C23H26ClNO2/c1-3-5-14-27-23-16-20-18(15-22(23)26-4-2)12-13-25-21(20)11-8-17-6-9-19(24)10-7-17/h6-11,15-16H,3-5,12-14H2,1-2H3/b11-8+. The Hall–Kier alpha value is -2.26. The molecule has 1 aliphatic rings. The first kappa shape index (κ1) is 19.5. The summed E-state index contributed by atoms with van der Waals surface area (Å²) in [6, 6.07) is 12.0. The second-order valence-electron chi connectivity index (χ2n) is 6.49. The average molecular weight is 384 g/mol. The highest BCUT2D eigenvalue weighted by Gasteiger charge is 2.17. The summed E-state index contributed by atoms with van der Waals surface area (Å²) in [5.41, 5.74) is 4.46. The van der Waals surface area contributed by atoms with E-state index < -0.39 is 0 Å². The number of hydrogen-bond donors (Lipinski definition) is 0. The molecule has 0 bridgehead atoms. The lowest BCUT2D eigenvalue weighted by Gasteiger charge is -2.19. The first-order valence-corrected chi connectivity index (χ1v) is 10.00. The molecule has 1 aliphatic heterocycles. The van der Waals surface area contributed by atoms with Crippen LogP contribution in [0.2, 0.25) is 5.02 Å². The maximum absolute atomic E-state index is 6.00. The monoisotopic (exact) mass is 383 g/mol. The van der Waals surface area contributed by atoms with E-state index in [0.717, 1.165) is 59.2 Å². The molecule has 0 saturated carbocycles. The van der Waals surface area contributed by atoms with Crippen LogP contribution in [-0.4, -0.2) is 25.5 Å². The minimum absolute atomic E-state index is 0.625. The molecule has 0 aromatic heterocycles. The maximum Gasteiger partial charge on any atom is 0.161 e. The minimum atomic E-state index is 0.625. The number of hydrogen-bond acceptors (Lipinski definition) is 3. The van der Waals surface area contributed by atoms with Gasteiger partial charge in [0.15, 0.2) is 11.5 Å². The van der Waals surface area contributed by atoms with Gasteiger partial charge in [-0.05, 0) is 61.2 Å². The van der Waals surface area contributed by atoms with Gasteiger partial charge in [0.1, 0.15) is 0 Å². The fourth-order valence-corrected chi connectivity index (χ4v) is 3.15. The zero-order valence-electron chi connectivity index (χ0n) is 16.0. The van der Waals surface area contributed by atoms with Crippen molar-refractivity contribution >= 4 is 23.4 Å². The first-order chi connectivity index (χ1) is 13.2. The normalized spacial score (nSPS) is 13.4. The Kier molecular flexibility index (Phi) is 6.94. The van der Waals surface area contributed by atoms with Crippen LogP contribution in [0.1, 0.15) is 43.4 Å². The SMILES string of the molecule is CCCCOc1cc2c(cc1OCC)CCN=C2/C=C/c1ccc(Cl)cc1. The summed E-state index contributed by atoms with van der Waals surface area (Å²) < 4.78 is 11.8. The molecule has 0 spiro atoms. The Morgan fingerprint density at radius 1 is 1.04 bits per heavy atom. The number of allylic oxidation sites excluding steroid dienone is 1. The second-order valence-corrected chi connectivity index (χ2v) is 6.93. The van der Waals surface area contributed by atoms with E-state index in [4.69, 9.17) is 26.1 Å². The van der Waals surface area contributed by atoms with Gasteiger partial charge in [-0.3, -0.25) is 4.99 Å². The van der Waals surface area contributed by atoms with Crippen molar-refractivity contribution < 1.29 is 9.47 Å². The molecule has 0 N–H and O–H groups in total. The lowest BCUT2D eigenvalue weighted by Crippen LogP contribution is -2.12. The van der Waals surface area contributed by atoms with Crippen LogP contribution in [0.4, 0.5) is 0 Å². The number of nitrogens with zero attached hydrogens (tertiary/aromatic N) is 1. The highest BCUT2D eigenvalue weighted by molar-refractivity contribution is 6.30. The lowest BCUT2D eigenvalue weighted by molar-refractivity contribution is 0.272. The van der Waals surface area contributed by atoms with E-state index in [1.54, 1.807) is 0 Å². The average Bonchev–Trinajstić information content (AvgIpc) is 2.68. The lowest BCUT2D eigenvalue weighted by atomic mass is 9.96.